The molecule has 1 aromatic heterocycles. The van der Waals surface area contributed by atoms with Crippen LogP contribution in [-0.2, 0) is 5.41 Å². The minimum Gasteiger partial charge on any atom is -0.306 e. The van der Waals surface area contributed by atoms with Crippen LogP contribution >= 0.6 is 23.1 Å². The number of aromatic nitrogens is 1. The number of aryl methyl sites for hydroxylation is 1. The zero-order valence-corrected chi connectivity index (χ0v) is 14.3. The summed E-state index contributed by atoms with van der Waals surface area (Å²) in [6, 6.07) is 0.926. The minimum atomic E-state index is 0.151. The normalized spacial score (nSPS) is 15.7. The van der Waals surface area contributed by atoms with E-state index in [0.29, 0.717) is 12.1 Å². The van der Waals surface area contributed by atoms with Gasteiger partial charge in [-0.3, -0.25) is 0 Å². The third-order valence-electron chi connectivity index (χ3n) is 2.82. The highest BCUT2D eigenvalue weighted by atomic mass is 32.2. The molecule has 1 aromatic rings. The average Bonchev–Trinajstić information content (AvgIpc) is 2.60. The Labute approximate surface area is 120 Å². The quantitative estimate of drug-likeness (QED) is 0.880. The van der Waals surface area contributed by atoms with E-state index in [1.807, 2.05) is 23.1 Å². The van der Waals surface area contributed by atoms with Crippen molar-refractivity contribution in [3.63, 3.8) is 0 Å². The van der Waals surface area contributed by atoms with Gasteiger partial charge in [-0.05, 0) is 27.0 Å². The standard InChI is InChI=1S/C14H26N2S2/c1-9(8-17-7)15-10(2)12-11(3)16-13(18-12)14(4,5)6/h9-10,15H,8H2,1-7H3. The van der Waals surface area contributed by atoms with Gasteiger partial charge in [-0.15, -0.1) is 11.3 Å². The zero-order valence-electron chi connectivity index (χ0n) is 12.6. The number of nitrogens with zero attached hydrogens (tertiary/aromatic N) is 1. The molecule has 2 unspecified atom stereocenters. The molecule has 1 rings (SSSR count). The molecule has 2 atom stereocenters. The van der Waals surface area contributed by atoms with Gasteiger partial charge in [0.25, 0.3) is 0 Å². The van der Waals surface area contributed by atoms with Gasteiger partial charge in [0.1, 0.15) is 0 Å². The average molecular weight is 287 g/mol. The number of thiazole rings is 1. The summed E-state index contributed by atoms with van der Waals surface area (Å²) in [6.45, 7) is 13.3. The second-order valence-electron chi connectivity index (χ2n) is 5.96. The topological polar surface area (TPSA) is 24.9 Å². The van der Waals surface area contributed by atoms with E-state index in [1.165, 1.54) is 15.6 Å². The van der Waals surface area contributed by atoms with E-state index in [9.17, 15) is 0 Å². The molecular formula is C14H26N2S2. The fourth-order valence-electron chi connectivity index (χ4n) is 1.93. The number of thioether (sulfide) groups is 1. The third-order valence-corrected chi connectivity index (χ3v) is 5.42. The second kappa shape index (κ2) is 6.40. The molecule has 0 fully saturated rings. The molecule has 0 aromatic carbocycles. The van der Waals surface area contributed by atoms with E-state index in [0.717, 1.165) is 5.75 Å². The highest BCUT2D eigenvalue weighted by molar-refractivity contribution is 7.98. The highest BCUT2D eigenvalue weighted by Gasteiger charge is 2.22. The van der Waals surface area contributed by atoms with Crippen LogP contribution in [0.2, 0.25) is 0 Å². The van der Waals surface area contributed by atoms with Gasteiger partial charge >= 0.3 is 0 Å². The van der Waals surface area contributed by atoms with Crippen molar-refractivity contribution < 1.29 is 0 Å². The molecule has 1 heterocycles. The van der Waals surface area contributed by atoms with Crippen LogP contribution in [0.25, 0.3) is 0 Å². The lowest BCUT2D eigenvalue weighted by atomic mass is 9.98. The third kappa shape index (κ3) is 4.25. The summed E-state index contributed by atoms with van der Waals surface area (Å²) in [6.07, 6.45) is 2.15. The lowest BCUT2D eigenvalue weighted by Gasteiger charge is -2.19. The number of nitrogens with one attached hydrogen (secondary N) is 1. The van der Waals surface area contributed by atoms with E-state index >= 15 is 0 Å². The molecule has 1 N–H and O–H groups in total. The summed E-state index contributed by atoms with van der Waals surface area (Å²) < 4.78 is 0. The Morgan fingerprint density at radius 3 is 2.39 bits per heavy atom. The first kappa shape index (κ1) is 16.0. The van der Waals surface area contributed by atoms with Gasteiger partial charge in [-0.25, -0.2) is 4.98 Å². The Balaban J connectivity index is 2.80. The molecule has 0 aliphatic heterocycles. The first-order chi connectivity index (χ1) is 8.25. The van der Waals surface area contributed by atoms with Gasteiger partial charge in [-0.1, -0.05) is 20.8 Å². The maximum absolute atomic E-state index is 4.73. The molecule has 0 aliphatic carbocycles. The molecule has 0 radical (unpaired) electrons. The van der Waals surface area contributed by atoms with Crippen molar-refractivity contribution in [3.8, 4) is 0 Å². The van der Waals surface area contributed by atoms with Crippen LogP contribution in [-0.4, -0.2) is 23.0 Å². The van der Waals surface area contributed by atoms with Gasteiger partial charge in [0.15, 0.2) is 0 Å². The van der Waals surface area contributed by atoms with Crippen molar-refractivity contribution in [1.29, 1.82) is 0 Å². The molecule has 18 heavy (non-hydrogen) atoms. The molecule has 0 amide bonds. The van der Waals surface area contributed by atoms with Gasteiger partial charge < -0.3 is 5.32 Å². The Morgan fingerprint density at radius 1 is 1.33 bits per heavy atom. The lowest BCUT2D eigenvalue weighted by Crippen LogP contribution is -2.30. The molecule has 2 nitrogen and oxygen atoms in total. The van der Waals surface area contributed by atoms with Gasteiger partial charge in [0.05, 0.1) is 10.7 Å². The predicted molar refractivity (Wildman–Crippen MR) is 84.9 cm³/mol. The maximum atomic E-state index is 4.73. The van der Waals surface area contributed by atoms with E-state index < -0.39 is 0 Å². The summed E-state index contributed by atoms with van der Waals surface area (Å²) >= 11 is 3.74. The molecule has 0 aliphatic rings. The fraction of sp³-hybridized carbons (Fsp3) is 0.786. The predicted octanol–water partition coefficient (Wildman–Crippen LogP) is 4.15. The molecule has 4 heteroatoms. The smallest absolute Gasteiger partial charge is 0.0985 e. The van der Waals surface area contributed by atoms with E-state index in [4.69, 9.17) is 4.98 Å². The molecular weight excluding hydrogens is 260 g/mol. The lowest BCUT2D eigenvalue weighted by molar-refractivity contribution is 0.515. The SMILES string of the molecule is CSCC(C)NC(C)c1sc(C(C)(C)C)nc1C. The van der Waals surface area contributed by atoms with Crippen molar-refractivity contribution in [2.45, 2.75) is 59.0 Å². The van der Waals surface area contributed by atoms with Crippen LogP contribution < -0.4 is 5.32 Å². The largest absolute Gasteiger partial charge is 0.306 e. The summed E-state index contributed by atoms with van der Waals surface area (Å²) in [7, 11) is 0. The van der Waals surface area contributed by atoms with E-state index in [1.54, 1.807) is 0 Å². The van der Waals surface area contributed by atoms with Gasteiger partial charge in [0, 0.05) is 28.1 Å². The summed E-state index contributed by atoms with van der Waals surface area (Å²) in [5.41, 5.74) is 1.33. The van der Waals surface area contributed by atoms with Crippen molar-refractivity contribution in [2.75, 3.05) is 12.0 Å². The molecule has 0 saturated carbocycles. The van der Waals surface area contributed by atoms with Crippen LogP contribution in [0.3, 0.4) is 0 Å². The van der Waals surface area contributed by atoms with Crippen LogP contribution in [0, 0.1) is 6.92 Å². The highest BCUT2D eigenvalue weighted by Crippen LogP contribution is 2.32. The summed E-state index contributed by atoms with van der Waals surface area (Å²) in [4.78, 5) is 6.11. The van der Waals surface area contributed by atoms with Gasteiger partial charge in [-0.2, -0.15) is 11.8 Å². The maximum Gasteiger partial charge on any atom is 0.0985 e. The zero-order chi connectivity index (χ0) is 13.9. The Hall–Kier alpha value is -0.0600. The van der Waals surface area contributed by atoms with Crippen LogP contribution in [0.15, 0.2) is 0 Å². The fourth-order valence-corrected chi connectivity index (χ4v) is 3.66. The summed E-state index contributed by atoms with van der Waals surface area (Å²) in [5.74, 6) is 1.15. The Bertz CT molecular complexity index is 380. The molecule has 0 saturated heterocycles. The van der Waals surface area contributed by atoms with Gasteiger partial charge in [0.2, 0.25) is 0 Å². The van der Waals surface area contributed by atoms with Crippen molar-refractivity contribution in [3.05, 3.63) is 15.6 Å². The first-order valence-electron chi connectivity index (χ1n) is 6.48. The molecule has 0 bridgehead atoms. The van der Waals surface area contributed by atoms with Crippen LogP contribution in [0.4, 0.5) is 0 Å². The van der Waals surface area contributed by atoms with Crippen LogP contribution in [0.1, 0.15) is 56.2 Å². The molecule has 0 spiro atoms. The number of rotatable bonds is 5. The Kier molecular flexibility index (Phi) is 5.68. The summed E-state index contributed by atoms with van der Waals surface area (Å²) in [5, 5.41) is 4.89. The van der Waals surface area contributed by atoms with Crippen molar-refractivity contribution in [2.24, 2.45) is 0 Å². The minimum absolute atomic E-state index is 0.151. The van der Waals surface area contributed by atoms with Crippen molar-refractivity contribution in [1.82, 2.24) is 10.3 Å². The second-order valence-corrected chi connectivity index (χ2v) is 7.90. The van der Waals surface area contributed by atoms with Crippen LogP contribution in [0.5, 0.6) is 0 Å². The first-order valence-corrected chi connectivity index (χ1v) is 8.69. The molecule has 104 valence electrons. The monoisotopic (exact) mass is 286 g/mol. The Morgan fingerprint density at radius 2 is 1.94 bits per heavy atom. The number of hydrogen-bond acceptors (Lipinski definition) is 4. The van der Waals surface area contributed by atoms with Crippen molar-refractivity contribution >= 4 is 23.1 Å². The number of hydrogen-bond donors (Lipinski definition) is 1. The van der Waals surface area contributed by atoms with E-state index in [2.05, 4.69) is 53.1 Å². The van der Waals surface area contributed by atoms with E-state index in [-0.39, 0.29) is 5.41 Å².